The number of halogens is 1. The fraction of sp³-hybridized carbons (Fsp3) is 0.190. The summed E-state index contributed by atoms with van der Waals surface area (Å²) in [7, 11) is 0. The Hall–Kier alpha value is -2.68. The summed E-state index contributed by atoms with van der Waals surface area (Å²) in [4.78, 5) is 4.67. The van der Waals surface area contributed by atoms with Crippen molar-refractivity contribution < 1.29 is 4.39 Å². The van der Waals surface area contributed by atoms with Crippen molar-refractivity contribution >= 4 is 11.9 Å². The van der Waals surface area contributed by atoms with Gasteiger partial charge < -0.3 is 4.57 Å². The van der Waals surface area contributed by atoms with E-state index >= 15 is 0 Å². The first-order chi connectivity index (χ1) is 11.6. The predicted octanol–water partition coefficient (Wildman–Crippen LogP) is 5.55. The Bertz CT molecular complexity index is 873. The number of para-hydroxylation sites is 1. The van der Waals surface area contributed by atoms with Crippen molar-refractivity contribution in [3.05, 3.63) is 82.9 Å². The van der Waals surface area contributed by atoms with E-state index in [1.165, 1.54) is 17.7 Å². The molecule has 0 bridgehead atoms. The van der Waals surface area contributed by atoms with Crippen molar-refractivity contribution in [3.63, 3.8) is 0 Å². The van der Waals surface area contributed by atoms with E-state index in [9.17, 15) is 4.39 Å². The average molecular weight is 320 g/mol. The van der Waals surface area contributed by atoms with Crippen molar-refractivity contribution in [1.82, 2.24) is 4.57 Å². The van der Waals surface area contributed by atoms with Crippen LogP contribution >= 0.6 is 0 Å². The highest BCUT2D eigenvalue weighted by molar-refractivity contribution is 5.84. The zero-order chi connectivity index (χ0) is 17.1. The molecule has 0 amide bonds. The summed E-state index contributed by atoms with van der Waals surface area (Å²) in [5.41, 5.74) is 6.47. The molecule has 0 unspecified atom stereocenters. The number of benzene rings is 2. The molecule has 0 atom stereocenters. The number of hydrogen-bond donors (Lipinski definition) is 0. The van der Waals surface area contributed by atoms with Crippen LogP contribution in [0.15, 0.2) is 59.6 Å². The van der Waals surface area contributed by atoms with Gasteiger partial charge in [0.2, 0.25) is 0 Å². The maximum absolute atomic E-state index is 13.2. The molecule has 1 aromatic heterocycles. The second-order valence-electron chi connectivity index (χ2n) is 5.88. The Morgan fingerprint density at radius 3 is 2.46 bits per heavy atom. The molecule has 0 aliphatic rings. The molecule has 3 heteroatoms. The van der Waals surface area contributed by atoms with Gasteiger partial charge in [0.15, 0.2) is 0 Å². The number of hydrogen-bond acceptors (Lipinski definition) is 1. The van der Waals surface area contributed by atoms with Crippen LogP contribution in [0.5, 0.6) is 0 Å². The summed E-state index contributed by atoms with van der Waals surface area (Å²) in [6.07, 6.45) is 2.87. The minimum absolute atomic E-state index is 0.223. The molecule has 2 nitrogen and oxygen atoms in total. The normalized spacial score (nSPS) is 11.3. The lowest BCUT2D eigenvalue weighted by Gasteiger charge is -2.09. The van der Waals surface area contributed by atoms with Crippen molar-refractivity contribution in [2.75, 3.05) is 0 Å². The minimum Gasteiger partial charge on any atom is -0.318 e. The van der Waals surface area contributed by atoms with Gasteiger partial charge in [-0.25, -0.2) is 4.39 Å². The van der Waals surface area contributed by atoms with Crippen LogP contribution in [-0.2, 0) is 6.42 Å². The van der Waals surface area contributed by atoms with Crippen LogP contribution in [0, 0.1) is 19.7 Å². The maximum atomic E-state index is 13.2. The maximum Gasteiger partial charge on any atom is 0.123 e. The molecule has 1 heterocycles. The van der Waals surface area contributed by atoms with Gasteiger partial charge >= 0.3 is 0 Å². The molecule has 0 N–H and O–H groups in total. The van der Waals surface area contributed by atoms with Crippen LogP contribution < -0.4 is 0 Å². The van der Waals surface area contributed by atoms with Gasteiger partial charge in [-0.2, -0.15) is 0 Å². The Balaban J connectivity index is 1.97. The molecule has 0 aliphatic heterocycles. The van der Waals surface area contributed by atoms with Crippen LogP contribution in [0.3, 0.4) is 0 Å². The van der Waals surface area contributed by atoms with E-state index in [4.69, 9.17) is 0 Å². The van der Waals surface area contributed by atoms with Gasteiger partial charge in [-0.15, -0.1) is 0 Å². The molecule has 24 heavy (non-hydrogen) atoms. The van der Waals surface area contributed by atoms with E-state index in [1.807, 2.05) is 31.3 Å². The number of aromatic nitrogens is 1. The Morgan fingerprint density at radius 1 is 1.04 bits per heavy atom. The van der Waals surface area contributed by atoms with Crippen molar-refractivity contribution in [2.24, 2.45) is 4.99 Å². The minimum atomic E-state index is -0.223. The number of aliphatic imine (C=N–C) groups is 1. The molecule has 2 aromatic carbocycles. The fourth-order valence-electron chi connectivity index (χ4n) is 2.98. The van der Waals surface area contributed by atoms with E-state index in [2.05, 4.69) is 35.5 Å². The quantitative estimate of drug-likeness (QED) is 0.561. The second kappa shape index (κ2) is 6.83. The number of aryl methyl sites for hydroxylation is 2. The Labute approximate surface area is 142 Å². The number of nitrogens with zero attached hydrogens (tertiary/aromatic N) is 2. The third kappa shape index (κ3) is 3.16. The predicted molar refractivity (Wildman–Crippen MR) is 98.3 cm³/mol. The third-order valence-electron chi connectivity index (χ3n) is 4.27. The molecule has 0 fully saturated rings. The summed E-state index contributed by atoms with van der Waals surface area (Å²) >= 11 is 0. The fourth-order valence-corrected chi connectivity index (χ4v) is 2.98. The molecule has 3 aromatic rings. The standard InChI is InChI=1S/C21H21FN2/c1-4-17-7-5-6-8-21(17)23-14-18-13-15(2)24(16(18)3)20-11-9-19(22)10-12-20/h5-14H,4H2,1-3H3. The summed E-state index contributed by atoms with van der Waals surface area (Å²) in [5.74, 6) is -0.223. The van der Waals surface area contributed by atoms with E-state index in [1.54, 1.807) is 12.1 Å². The first kappa shape index (κ1) is 16.2. The highest BCUT2D eigenvalue weighted by Crippen LogP contribution is 2.22. The van der Waals surface area contributed by atoms with Crippen LogP contribution in [0.25, 0.3) is 5.69 Å². The SMILES string of the molecule is CCc1ccccc1N=Cc1cc(C)n(-c2ccc(F)cc2)c1C. The van der Waals surface area contributed by atoms with E-state index < -0.39 is 0 Å². The van der Waals surface area contributed by atoms with Gasteiger partial charge in [-0.1, -0.05) is 25.1 Å². The molecular formula is C21H21FN2. The van der Waals surface area contributed by atoms with Crippen molar-refractivity contribution in [3.8, 4) is 5.69 Å². The summed E-state index contributed by atoms with van der Waals surface area (Å²) in [5, 5.41) is 0. The summed E-state index contributed by atoms with van der Waals surface area (Å²) in [6, 6.07) is 16.9. The first-order valence-corrected chi connectivity index (χ1v) is 8.17. The third-order valence-corrected chi connectivity index (χ3v) is 4.27. The highest BCUT2D eigenvalue weighted by Gasteiger charge is 2.09. The molecular weight excluding hydrogens is 299 g/mol. The lowest BCUT2D eigenvalue weighted by Crippen LogP contribution is -1.99. The molecule has 0 spiro atoms. The van der Waals surface area contributed by atoms with Gasteiger partial charge in [0.25, 0.3) is 0 Å². The molecule has 0 radical (unpaired) electrons. The van der Waals surface area contributed by atoms with Gasteiger partial charge in [-0.3, -0.25) is 4.99 Å². The van der Waals surface area contributed by atoms with Crippen LogP contribution in [0.4, 0.5) is 10.1 Å². The monoisotopic (exact) mass is 320 g/mol. The van der Waals surface area contributed by atoms with Gasteiger partial charge in [0, 0.05) is 28.9 Å². The van der Waals surface area contributed by atoms with Gasteiger partial charge in [0.05, 0.1) is 5.69 Å². The highest BCUT2D eigenvalue weighted by atomic mass is 19.1. The zero-order valence-electron chi connectivity index (χ0n) is 14.3. The first-order valence-electron chi connectivity index (χ1n) is 8.17. The van der Waals surface area contributed by atoms with E-state index in [0.29, 0.717) is 0 Å². The van der Waals surface area contributed by atoms with Crippen molar-refractivity contribution in [1.29, 1.82) is 0 Å². The van der Waals surface area contributed by atoms with Gasteiger partial charge in [-0.05, 0) is 62.2 Å². The van der Waals surface area contributed by atoms with E-state index in [-0.39, 0.29) is 5.82 Å². The average Bonchev–Trinajstić information content (AvgIpc) is 2.88. The summed E-state index contributed by atoms with van der Waals surface area (Å²) < 4.78 is 15.3. The number of rotatable bonds is 4. The second-order valence-corrected chi connectivity index (χ2v) is 5.88. The smallest absolute Gasteiger partial charge is 0.123 e. The van der Waals surface area contributed by atoms with Crippen LogP contribution in [-0.4, -0.2) is 10.8 Å². The molecule has 0 saturated heterocycles. The Kier molecular flexibility index (Phi) is 4.61. The lowest BCUT2D eigenvalue weighted by molar-refractivity contribution is 0.627. The molecule has 3 rings (SSSR count). The lowest BCUT2D eigenvalue weighted by atomic mass is 10.1. The Morgan fingerprint density at radius 2 is 1.75 bits per heavy atom. The zero-order valence-corrected chi connectivity index (χ0v) is 14.3. The molecule has 122 valence electrons. The van der Waals surface area contributed by atoms with Crippen LogP contribution in [0.2, 0.25) is 0 Å². The largest absolute Gasteiger partial charge is 0.318 e. The van der Waals surface area contributed by atoms with Crippen molar-refractivity contribution in [2.45, 2.75) is 27.2 Å². The topological polar surface area (TPSA) is 17.3 Å². The molecule has 0 aliphatic carbocycles. The molecule has 0 saturated carbocycles. The van der Waals surface area contributed by atoms with Gasteiger partial charge in [0.1, 0.15) is 5.82 Å². The summed E-state index contributed by atoms with van der Waals surface area (Å²) in [6.45, 7) is 6.24. The van der Waals surface area contributed by atoms with Crippen LogP contribution in [0.1, 0.15) is 29.4 Å². The van der Waals surface area contributed by atoms with E-state index in [0.717, 1.165) is 34.7 Å².